The van der Waals surface area contributed by atoms with E-state index in [4.69, 9.17) is 5.11 Å². The standard InChI is InChI=1S/C8H5F3N4O2S/c1-3-2-18-7(12-3)15-5(8(9,10)11)4(6(16)17)13-14-15/h2H,1H3,(H,16,17). The number of aromatic carboxylic acids is 1. The molecule has 0 amide bonds. The fraction of sp³-hybridized carbons (Fsp3) is 0.250. The van der Waals surface area contributed by atoms with Gasteiger partial charge in [0, 0.05) is 5.38 Å². The van der Waals surface area contributed by atoms with E-state index in [1.807, 2.05) is 0 Å². The topological polar surface area (TPSA) is 80.9 Å². The number of nitrogens with zero attached hydrogens (tertiary/aromatic N) is 4. The van der Waals surface area contributed by atoms with Crippen molar-refractivity contribution in [3.63, 3.8) is 0 Å². The summed E-state index contributed by atoms with van der Waals surface area (Å²) in [7, 11) is 0. The molecule has 1 N–H and O–H groups in total. The van der Waals surface area contributed by atoms with Crippen molar-refractivity contribution in [3.05, 3.63) is 22.5 Å². The predicted octanol–water partition coefficient (Wildman–Crippen LogP) is 1.75. The van der Waals surface area contributed by atoms with Crippen LogP contribution in [-0.4, -0.2) is 31.1 Å². The Morgan fingerprint density at radius 1 is 1.50 bits per heavy atom. The second-order valence-corrected chi connectivity index (χ2v) is 4.11. The summed E-state index contributed by atoms with van der Waals surface area (Å²) in [6, 6.07) is 0. The minimum Gasteiger partial charge on any atom is -0.476 e. The van der Waals surface area contributed by atoms with Crippen molar-refractivity contribution in [2.24, 2.45) is 0 Å². The van der Waals surface area contributed by atoms with Crippen LogP contribution < -0.4 is 0 Å². The molecule has 2 aromatic rings. The van der Waals surface area contributed by atoms with E-state index in [9.17, 15) is 18.0 Å². The van der Waals surface area contributed by atoms with Gasteiger partial charge in [-0.05, 0) is 6.92 Å². The highest BCUT2D eigenvalue weighted by Crippen LogP contribution is 2.33. The SMILES string of the molecule is Cc1csc(-n2nnc(C(=O)O)c2C(F)(F)F)n1. The van der Waals surface area contributed by atoms with Gasteiger partial charge in [0.05, 0.1) is 5.69 Å². The fourth-order valence-corrected chi connectivity index (χ4v) is 2.01. The Labute approximate surface area is 102 Å². The van der Waals surface area contributed by atoms with Gasteiger partial charge in [0.25, 0.3) is 0 Å². The van der Waals surface area contributed by atoms with Crippen LogP contribution in [0.25, 0.3) is 5.13 Å². The van der Waals surface area contributed by atoms with Crippen LogP contribution >= 0.6 is 11.3 Å². The highest BCUT2D eigenvalue weighted by atomic mass is 32.1. The average Bonchev–Trinajstić information content (AvgIpc) is 2.80. The number of carboxylic acid groups (broad SMARTS) is 1. The number of halogens is 3. The van der Waals surface area contributed by atoms with Crippen LogP contribution in [0.4, 0.5) is 13.2 Å². The monoisotopic (exact) mass is 278 g/mol. The second kappa shape index (κ2) is 4.05. The Hall–Kier alpha value is -1.97. The van der Waals surface area contributed by atoms with E-state index >= 15 is 0 Å². The van der Waals surface area contributed by atoms with Gasteiger partial charge in [-0.3, -0.25) is 0 Å². The lowest BCUT2D eigenvalue weighted by molar-refractivity contribution is -0.143. The van der Waals surface area contributed by atoms with Gasteiger partial charge in [-0.15, -0.1) is 16.4 Å². The molecule has 0 aliphatic carbocycles. The summed E-state index contributed by atoms with van der Waals surface area (Å²) in [5.41, 5.74) is -2.07. The lowest BCUT2D eigenvalue weighted by Crippen LogP contribution is -2.17. The molecule has 6 nitrogen and oxygen atoms in total. The first kappa shape index (κ1) is 12.5. The number of hydrogen-bond acceptors (Lipinski definition) is 5. The zero-order valence-electron chi connectivity index (χ0n) is 8.76. The molecule has 10 heteroatoms. The quantitative estimate of drug-likeness (QED) is 0.905. The summed E-state index contributed by atoms with van der Waals surface area (Å²) in [5.74, 6) is -1.79. The summed E-state index contributed by atoms with van der Waals surface area (Å²) in [6.07, 6.45) is -4.88. The second-order valence-electron chi connectivity index (χ2n) is 3.27. The number of hydrogen-bond donors (Lipinski definition) is 1. The van der Waals surface area contributed by atoms with Gasteiger partial charge in [0.1, 0.15) is 0 Å². The molecule has 2 aromatic heterocycles. The number of alkyl halides is 3. The molecule has 0 spiro atoms. The molecule has 0 bridgehead atoms. The van der Waals surface area contributed by atoms with E-state index in [0.29, 0.717) is 10.4 Å². The van der Waals surface area contributed by atoms with Gasteiger partial charge in [-0.25, -0.2) is 9.78 Å². The molecule has 18 heavy (non-hydrogen) atoms. The maximum absolute atomic E-state index is 12.8. The minimum absolute atomic E-state index is 0.0835. The van der Waals surface area contributed by atoms with Crippen molar-refractivity contribution in [1.29, 1.82) is 0 Å². The molecule has 2 heterocycles. The van der Waals surface area contributed by atoms with Crippen LogP contribution in [0.3, 0.4) is 0 Å². The van der Waals surface area contributed by atoms with Crippen molar-refractivity contribution in [2.75, 3.05) is 0 Å². The van der Waals surface area contributed by atoms with Gasteiger partial charge in [-0.2, -0.15) is 17.9 Å². The van der Waals surface area contributed by atoms with Crippen LogP contribution in [0.15, 0.2) is 5.38 Å². The molecule has 0 aliphatic heterocycles. The summed E-state index contributed by atoms with van der Waals surface area (Å²) >= 11 is 0.914. The minimum atomic E-state index is -4.88. The third-order valence-electron chi connectivity index (χ3n) is 1.93. The zero-order chi connectivity index (χ0) is 13.5. The van der Waals surface area contributed by atoms with Gasteiger partial charge in [0.2, 0.25) is 10.8 Å². The number of carbonyl (C=O) groups is 1. The molecule has 0 fully saturated rings. The van der Waals surface area contributed by atoms with Gasteiger partial charge in [-0.1, -0.05) is 5.21 Å². The first-order valence-electron chi connectivity index (χ1n) is 4.49. The first-order chi connectivity index (χ1) is 8.30. The largest absolute Gasteiger partial charge is 0.476 e. The lowest BCUT2D eigenvalue weighted by atomic mass is 10.3. The predicted molar refractivity (Wildman–Crippen MR) is 53.7 cm³/mol. The van der Waals surface area contributed by atoms with Crippen LogP contribution in [0, 0.1) is 6.92 Å². The molecular weight excluding hydrogens is 273 g/mol. The first-order valence-corrected chi connectivity index (χ1v) is 5.37. The summed E-state index contributed by atoms with van der Waals surface area (Å²) < 4.78 is 38.8. The summed E-state index contributed by atoms with van der Waals surface area (Å²) in [5, 5.41) is 16.3. The molecule has 0 saturated carbocycles. The molecule has 2 rings (SSSR count). The maximum atomic E-state index is 12.8. The Bertz CT molecular complexity index is 604. The summed E-state index contributed by atoms with van der Waals surface area (Å²) in [4.78, 5) is 14.5. The summed E-state index contributed by atoms with van der Waals surface area (Å²) in [6.45, 7) is 1.60. The van der Waals surface area contributed by atoms with Crippen LogP contribution in [0.5, 0.6) is 0 Å². The van der Waals surface area contributed by atoms with E-state index in [2.05, 4.69) is 15.3 Å². The van der Waals surface area contributed by atoms with Crippen molar-refractivity contribution in [1.82, 2.24) is 20.0 Å². The number of rotatable bonds is 2. The maximum Gasteiger partial charge on any atom is 0.436 e. The molecule has 0 atom stereocenters. The number of thiazole rings is 1. The highest BCUT2D eigenvalue weighted by molar-refractivity contribution is 7.12. The number of carboxylic acids is 1. The Morgan fingerprint density at radius 2 is 2.17 bits per heavy atom. The van der Waals surface area contributed by atoms with E-state index in [1.165, 1.54) is 5.38 Å². The molecule has 96 valence electrons. The molecule has 0 unspecified atom stereocenters. The van der Waals surface area contributed by atoms with Crippen molar-refractivity contribution in [2.45, 2.75) is 13.1 Å². The lowest BCUT2D eigenvalue weighted by Gasteiger charge is -2.07. The Balaban J connectivity index is 2.66. The van der Waals surface area contributed by atoms with Gasteiger partial charge in [0.15, 0.2) is 5.69 Å². The fourth-order valence-electron chi connectivity index (χ4n) is 1.25. The highest BCUT2D eigenvalue weighted by Gasteiger charge is 2.42. The molecule has 0 saturated heterocycles. The van der Waals surface area contributed by atoms with E-state index in [0.717, 1.165) is 11.3 Å². The van der Waals surface area contributed by atoms with Crippen molar-refractivity contribution >= 4 is 17.3 Å². The normalized spacial score (nSPS) is 11.8. The van der Waals surface area contributed by atoms with E-state index in [-0.39, 0.29) is 5.13 Å². The molecular formula is C8H5F3N4O2S. The smallest absolute Gasteiger partial charge is 0.436 e. The number of aromatic nitrogens is 4. The third kappa shape index (κ3) is 2.06. The van der Waals surface area contributed by atoms with Crippen molar-refractivity contribution in [3.8, 4) is 5.13 Å². The Morgan fingerprint density at radius 3 is 2.61 bits per heavy atom. The Kier molecular flexibility index (Phi) is 2.81. The molecule has 0 aliphatic rings. The van der Waals surface area contributed by atoms with Crippen LogP contribution in [-0.2, 0) is 6.18 Å². The number of aryl methyl sites for hydroxylation is 1. The van der Waals surface area contributed by atoms with Crippen molar-refractivity contribution < 1.29 is 23.1 Å². The van der Waals surface area contributed by atoms with Crippen LogP contribution in [0.2, 0.25) is 0 Å². The average molecular weight is 278 g/mol. The zero-order valence-corrected chi connectivity index (χ0v) is 9.58. The molecule has 0 aromatic carbocycles. The molecule has 0 radical (unpaired) electrons. The van der Waals surface area contributed by atoms with Gasteiger partial charge >= 0.3 is 12.1 Å². The van der Waals surface area contributed by atoms with E-state index in [1.54, 1.807) is 6.92 Å². The van der Waals surface area contributed by atoms with E-state index < -0.39 is 23.5 Å². The van der Waals surface area contributed by atoms with Crippen LogP contribution in [0.1, 0.15) is 21.9 Å². The third-order valence-corrected chi connectivity index (χ3v) is 2.86. The van der Waals surface area contributed by atoms with Gasteiger partial charge < -0.3 is 5.11 Å².